The van der Waals surface area contributed by atoms with Gasteiger partial charge >= 0.3 is 243 Å². The summed E-state index contributed by atoms with van der Waals surface area (Å²) in [5.41, 5.74) is 16.2. The third kappa shape index (κ3) is 4.14. The van der Waals surface area contributed by atoms with Gasteiger partial charge in [0, 0.05) is 0 Å². The van der Waals surface area contributed by atoms with Crippen LogP contribution in [0.3, 0.4) is 0 Å². The van der Waals surface area contributed by atoms with E-state index >= 15 is 0 Å². The Morgan fingerprint density at radius 1 is 0.585 bits per heavy atom. The summed E-state index contributed by atoms with van der Waals surface area (Å²) in [5.74, 6) is 0. The number of aryl methyl sites for hydroxylation is 4. The topological polar surface area (TPSA) is 0 Å². The Morgan fingerprint density at radius 3 is 1.29 bits per heavy atom. The van der Waals surface area contributed by atoms with Gasteiger partial charge in [-0.1, -0.05) is 0 Å². The van der Waals surface area contributed by atoms with Crippen molar-refractivity contribution in [1.82, 2.24) is 0 Å². The number of allylic oxidation sites excluding steroid dienone is 2. The first-order valence-electron chi connectivity index (χ1n) is 15.4. The van der Waals surface area contributed by atoms with E-state index in [0.29, 0.717) is 7.35 Å². The van der Waals surface area contributed by atoms with Crippen molar-refractivity contribution in [3.8, 4) is 22.3 Å². The molecule has 4 aromatic carbocycles. The third-order valence-corrected chi connectivity index (χ3v) is 50.0. The Bertz CT molecular complexity index is 1780. The number of hydrogen-bond acceptors (Lipinski definition) is 0. The molecule has 0 heterocycles. The molecule has 0 saturated heterocycles. The standard InChI is InChI=1S/2C17H15.C2H5.3CH3.CH2.Hf/c2*1-12-9-13(2)11-15(10-12)17-8-4-6-14-5-3-7-16(14)17;1-2;;;;;/h2*3-11H,1-2H3;1H2,2H3;3*1H3;1H2;. The van der Waals surface area contributed by atoms with Crippen molar-refractivity contribution < 1.29 is 15.1 Å². The van der Waals surface area contributed by atoms with Crippen LogP contribution in [0.25, 0.3) is 34.4 Å². The zero-order valence-corrected chi connectivity index (χ0v) is 29.9. The first-order chi connectivity index (χ1) is 19.1. The van der Waals surface area contributed by atoms with E-state index in [0.717, 1.165) is 4.18 Å². The average Bonchev–Trinajstić information content (AvgIpc) is 3.54. The molecule has 0 aliphatic heterocycles. The van der Waals surface area contributed by atoms with Gasteiger partial charge in [0.15, 0.2) is 0 Å². The van der Waals surface area contributed by atoms with Gasteiger partial charge in [0.2, 0.25) is 0 Å². The van der Waals surface area contributed by atoms with E-state index < -0.39 is 15.1 Å². The Balaban J connectivity index is 1.55. The molecule has 41 heavy (non-hydrogen) atoms. The molecule has 2 unspecified atom stereocenters. The molecule has 1 heteroatoms. The fraction of sp³-hybridized carbons (Fsp3) is 0.275. The summed E-state index contributed by atoms with van der Waals surface area (Å²) in [6.45, 7) is 11.2. The van der Waals surface area contributed by atoms with Crippen LogP contribution in [0.2, 0.25) is 18.2 Å². The van der Waals surface area contributed by atoms with E-state index in [-0.39, 0.29) is 0 Å². The van der Waals surface area contributed by atoms with Crippen molar-refractivity contribution in [3.05, 3.63) is 129 Å². The molecular weight excluding hydrogens is 659 g/mol. The first kappa shape index (κ1) is 28.2. The quantitative estimate of drug-likeness (QED) is 0.181. The summed E-state index contributed by atoms with van der Waals surface area (Å²) in [7, 11) is 0. The Kier molecular flexibility index (Phi) is 5.60. The molecule has 0 saturated carbocycles. The van der Waals surface area contributed by atoms with Gasteiger partial charge in [-0.2, -0.15) is 0 Å². The van der Waals surface area contributed by atoms with Crippen molar-refractivity contribution in [3.63, 3.8) is 0 Å². The van der Waals surface area contributed by atoms with Crippen LogP contribution >= 0.6 is 0 Å². The van der Waals surface area contributed by atoms with Crippen LogP contribution in [0.15, 0.2) is 84.9 Å². The van der Waals surface area contributed by atoms with E-state index in [9.17, 15) is 0 Å². The molecule has 2 aliphatic carbocycles. The number of fused-ring (bicyclic) bond motifs is 2. The van der Waals surface area contributed by atoms with E-state index in [2.05, 4.69) is 146 Å². The predicted molar refractivity (Wildman–Crippen MR) is 181 cm³/mol. The molecule has 0 spiro atoms. The molecule has 210 valence electrons. The van der Waals surface area contributed by atoms with Gasteiger partial charge < -0.3 is 0 Å². The summed E-state index contributed by atoms with van der Waals surface area (Å²) in [6.07, 6.45) is 9.92. The Hall–Kier alpha value is -2.90. The number of benzene rings is 4. The zero-order chi connectivity index (χ0) is 29.5. The first-order valence-corrected chi connectivity index (χ1v) is 35.4. The van der Waals surface area contributed by atoms with Crippen molar-refractivity contribution in [1.29, 1.82) is 0 Å². The van der Waals surface area contributed by atoms with Gasteiger partial charge in [-0.05, 0) is 0 Å². The maximum atomic E-state index is 5.60. The van der Waals surface area contributed by atoms with Crippen LogP contribution in [0.5, 0.6) is 0 Å². The van der Waals surface area contributed by atoms with Crippen LogP contribution in [-0.2, 0) is 15.1 Å². The molecule has 6 rings (SSSR count). The van der Waals surface area contributed by atoms with Crippen LogP contribution in [0.4, 0.5) is 0 Å². The number of rotatable bonds is 5. The van der Waals surface area contributed by atoms with Gasteiger partial charge in [0.1, 0.15) is 0 Å². The van der Waals surface area contributed by atoms with Crippen LogP contribution < -0.4 is 0 Å². The summed E-state index contributed by atoms with van der Waals surface area (Å²) in [5, 5.41) is 0. The summed E-state index contributed by atoms with van der Waals surface area (Å²) in [6, 6.07) is 27.8. The van der Waals surface area contributed by atoms with E-state index in [1.54, 1.807) is 0 Å². The van der Waals surface area contributed by atoms with Gasteiger partial charge in [-0.25, -0.2) is 0 Å². The van der Waals surface area contributed by atoms with Gasteiger partial charge in [0.25, 0.3) is 0 Å². The van der Waals surface area contributed by atoms with Crippen molar-refractivity contribution in [2.45, 2.75) is 60.2 Å². The van der Waals surface area contributed by atoms with Crippen molar-refractivity contribution in [2.75, 3.05) is 0 Å². The molecule has 0 N–H and O–H groups in total. The molecule has 0 radical (unpaired) electrons. The van der Waals surface area contributed by atoms with E-state index in [1.165, 1.54) is 66.8 Å². The molecule has 2 atom stereocenters. The van der Waals surface area contributed by atoms with Crippen molar-refractivity contribution in [2.24, 2.45) is 0 Å². The fourth-order valence-electron chi connectivity index (χ4n) is 8.58. The van der Waals surface area contributed by atoms with Crippen LogP contribution in [-0.4, -0.2) is 4.26 Å². The minimum atomic E-state index is -5.09. The van der Waals surface area contributed by atoms with Crippen molar-refractivity contribution >= 4 is 16.4 Å². The molecule has 0 aromatic heterocycles. The van der Waals surface area contributed by atoms with Crippen LogP contribution in [0, 0.1) is 27.7 Å². The summed E-state index contributed by atoms with van der Waals surface area (Å²) in [4.78, 5) is 0. The molecule has 0 bridgehead atoms. The SMILES string of the molecule is [CH2]=[Hf]([CH3])([CH3])([CH3])([CH2]C)([CH]1C=Cc2c(-c3cc(C)cc(C)c3)cccc21)[CH]1C=Cc2c(-c3cc(C)cc(C)c3)cccc21. The molecule has 0 nitrogen and oxygen atoms in total. The van der Waals surface area contributed by atoms with Gasteiger partial charge in [-0.3, -0.25) is 0 Å². The average molecular weight is 705 g/mol. The Labute approximate surface area is 242 Å². The monoisotopic (exact) mass is 706 g/mol. The molecule has 2 aliphatic rings. The number of hydrogen-bond donors (Lipinski definition) is 0. The van der Waals surface area contributed by atoms with Crippen LogP contribution in [0.1, 0.15) is 58.8 Å². The summed E-state index contributed by atoms with van der Waals surface area (Å²) >= 11 is -5.09. The predicted octanol–water partition coefficient (Wildman–Crippen LogP) is 11.9. The normalized spacial score (nSPS) is 20.1. The maximum absolute atomic E-state index is 5.60. The molecule has 0 amide bonds. The minimum absolute atomic E-state index is 0.301. The molecule has 0 fully saturated rings. The molecule has 4 aromatic rings. The second-order valence-electron chi connectivity index (χ2n) is 17.0. The van der Waals surface area contributed by atoms with E-state index in [4.69, 9.17) is 4.26 Å². The molecular formula is C40H46Hf. The fourth-order valence-corrected chi connectivity index (χ4v) is 33.7. The summed E-state index contributed by atoms with van der Waals surface area (Å²) < 4.78 is 15.3. The second kappa shape index (κ2) is 8.13. The second-order valence-corrected chi connectivity index (χ2v) is 71.3. The third-order valence-electron chi connectivity index (χ3n) is 11.7. The zero-order valence-electron chi connectivity index (χ0n) is 26.3. The van der Waals surface area contributed by atoms with Gasteiger partial charge in [0.05, 0.1) is 0 Å². The van der Waals surface area contributed by atoms with Gasteiger partial charge in [-0.15, -0.1) is 0 Å². The van der Waals surface area contributed by atoms with E-state index in [1.807, 2.05) is 0 Å². The Morgan fingerprint density at radius 2 is 0.951 bits per heavy atom.